The molecular weight excluding hydrogens is 266 g/mol. The molecule has 0 bridgehead atoms. The number of hydrogen-bond acceptors (Lipinski definition) is 4. The van der Waals surface area contributed by atoms with Crippen molar-refractivity contribution in [3.05, 3.63) is 60.6 Å². The lowest BCUT2D eigenvalue weighted by molar-refractivity contribution is 0.0739. The first-order valence-electron chi connectivity index (χ1n) is 6.62. The van der Waals surface area contributed by atoms with E-state index in [0.717, 1.165) is 11.3 Å². The van der Waals surface area contributed by atoms with Crippen molar-refractivity contribution in [2.75, 3.05) is 7.05 Å². The average molecular weight is 281 g/mol. The van der Waals surface area contributed by atoms with Crippen LogP contribution in [0.15, 0.2) is 49.3 Å². The van der Waals surface area contributed by atoms with Crippen molar-refractivity contribution in [3.63, 3.8) is 0 Å². The number of carbonyl (C=O) groups excluding carboxylic acids is 1. The number of aromatic nitrogens is 4. The fourth-order valence-electron chi connectivity index (χ4n) is 2.17. The highest BCUT2D eigenvalue weighted by molar-refractivity contribution is 5.94. The molecule has 0 aromatic carbocycles. The monoisotopic (exact) mass is 281 g/mol. The van der Waals surface area contributed by atoms with Crippen LogP contribution in [-0.2, 0) is 0 Å². The molecule has 3 heterocycles. The van der Waals surface area contributed by atoms with E-state index < -0.39 is 0 Å². The summed E-state index contributed by atoms with van der Waals surface area (Å²) in [5.74, 6) is -0.0586. The van der Waals surface area contributed by atoms with Gasteiger partial charge in [0.15, 0.2) is 0 Å². The Balaban J connectivity index is 1.86. The SMILES string of the molecule is C[C@H](c1ccncn1)N(C)C(=O)c1ccc2nccn2c1. The van der Waals surface area contributed by atoms with Crippen LogP contribution in [0.1, 0.15) is 29.0 Å². The molecule has 0 unspecified atom stereocenters. The van der Waals surface area contributed by atoms with Crippen molar-refractivity contribution in [2.24, 2.45) is 0 Å². The van der Waals surface area contributed by atoms with Crippen molar-refractivity contribution in [1.29, 1.82) is 0 Å². The Kier molecular flexibility index (Phi) is 3.35. The third-order valence-corrected chi connectivity index (χ3v) is 3.57. The molecule has 21 heavy (non-hydrogen) atoms. The molecule has 0 aliphatic carbocycles. The topological polar surface area (TPSA) is 63.4 Å². The number of hydrogen-bond donors (Lipinski definition) is 0. The molecule has 0 fully saturated rings. The minimum Gasteiger partial charge on any atom is -0.333 e. The summed E-state index contributed by atoms with van der Waals surface area (Å²) in [7, 11) is 1.77. The van der Waals surface area contributed by atoms with E-state index in [1.165, 1.54) is 6.33 Å². The van der Waals surface area contributed by atoms with Gasteiger partial charge in [0.2, 0.25) is 0 Å². The van der Waals surface area contributed by atoms with Gasteiger partial charge in [-0.15, -0.1) is 0 Å². The largest absolute Gasteiger partial charge is 0.333 e. The molecule has 106 valence electrons. The highest BCUT2D eigenvalue weighted by atomic mass is 16.2. The Morgan fingerprint density at radius 1 is 1.24 bits per heavy atom. The molecule has 0 saturated carbocycles. The highest BCUT2D eigenvalue weighted by Crippen LogP contribution is 2.18. The minimum absolute atomic E-state index is 0.0586. The molecule has 6 heteroatoms. The van der Waals surface area contributed by atoms with Gasteiger partial charge < -0.3 is 9.30 Å². The van der Waals surface area contributed by atoms with E-state index in [9.17, 15) is 4.79 Å². The van der Waals surface area contributed by atoms with Gasteiger partial charge in [-0.2, -0.15) is 0 Å². The minimum atomic E-state index is -0.126. The molecule has 3 aromatic rings. The molecule has 1 amide bonds. The number of nitrogens with zero attached hydrogens (tertiary/aromatic N) is 5. The second-order valence-electron chi connectivity index (χ2n) is 4.84. The highest BCUT2D eigenvalue weighted by Gasteiger charge is 2.20. The Morgan fingerprint density at radius 2 is 2.10 bits per heavy atom. The van der Waals surface area contributed by atoms with Gasteiger partial charge in [0.1, 0.15) is 12.0 Å². The van der Waals surface area contributed by atoms with E-state index in [-0.39, 0.29) is 11.9 Å². The van der Waals surface area contributed by atoms with Crippen LogP contribution in [0.4, 0.5) is 0 Å². The zero-order valence-corrected chi connectivity index (χ0v) is 11.8. The van der Waals surface area contributed by atoms with E-state index in [1.807, 2.05) is 29.7 Å². The van der Waals surface area contributed by atoms with Crippen molar-refractivity contribution in [3.8, 4) is 0 Å². The van der Waals surface area contributed by atoms with Gasteiger partial charge in [0.25, 0.3) is 5.91 Å². The molecule has 0 aliphatic rings. The molecule has 3 aromatic heterocycles. The smallest absolute Gasteiger partial charge is 0.255 e. The maximum Gasteiger partial charge on any atom is 0.255 e. The second-order valence-corrected chi connectivity index (χ2v) is 4.84. The Labute approximate surface area is 122 Å². The molecule has 0 radical (unpaired) electrons. The molecule has 1 atom stereocenters. The van der Waals surface area contributed by atoms with Crippen LogP contribution < -0.4 is 0 Å². The van der Waals surface area contributed by atoms with Crippen LogP contribution in [0.3, 0.4) is 0 Å². The lowest BCUT2D eigenvalue weighted by Gasteiger charge is -2.24. The van der Waals surface area contributed by atoms with Crippen LogP contribution in [0.2, 0.25) is 0 Å². The number of pyridine rings is 1. The third-order valence-electron chi connectivity index (χ3n) is 3.57. The van der Waals surface area contributed by atoms with Gasteiger partial charge >= 0.3 is 0 Å². The summed E-state index contributed by atoms with van der Waals surface area (Å²) in [5.41, 5.74) is 2.24. The molecule has 0 saturated heterocycles. The standard InChI is InChI=1S/C15H15N5O/c1-11(13-5-6-16-10-18-13)19(2)15(21)12-3-4-14-17-7-8-20(14)9-12/h3-11H,1-2H3/t11-/m1/s1. The average Bonchev–Trinajstić information content (AvgIpc) is 3.01. The van der Waals surface area contributed by atoms with Gasteiger partial charge in [-0.05, 0) is 25.1 Å². The maximum absolute atomic E-state index is 12.6. The zero-order chi connectivity index (χ0) is 14.8. The van der Waals surface area contributed by atoms with Crippen LogP contribution in [0.5, 0.6) is 0 Å². The number of amides is 1. The zero-order valence-electron chi connectivity index (χ0n) is 11.8. The summed E-state index contributed by atoms with van der Waals surface area (Å²) in [5, 5.41) is 0. The summed E-state index contributed by atoms with van der Waals surface area (Å²) < 4.78 is 1.83. The van der Waals surface area contributed by atoms with Crippen LogP contribution in [-0.4, -0.2) is 37.2 Å². The predicted molar refractivity (Wildman–Crippen MR) is 77.7 cm³/mol. The van der Waals surface area contributed by atoms with Gasteiger partial charge in [-0.1, -0.05) is 0 Å². The number of fused-ring (bicyclic) bond motifs is 1. The first kappa shape index (κ1) is 13.2. The van der Waals surface area contributed by atoms with Gasteiger partial charge in [-0.3, -0.25) is 4.79 Å². The van der Waals surface area contributed by atoms with Crippen molar-refractivity contribution >= 4 is 11.6 Å². The van der Waals surface area contributed by atoms with Crippen LogP contribution in [0.25, 0.3) is 5.65 Å². The van der Waals surface area contributed by atoms with Crippen molar-refractivity contribution in [1.82, 2.24) is 24.3 Å². The van der Waals surface area contributed by atoms with Gasteiger partial charge in [0, 0.05) is 31.8 Å². The fraction of sp³-hybridized carbons (Fsp3) is 0.200. The summed E-state index contributed by atoms with van der Waals surface area (Å²) in [6.07, 6.45) is 8.47. The Bertz CT molecular complexity index is 768. The molecule has 0 aliphatic heterocycles. The van der Waals surface area contributed by atoms with Crippen LogP contribution in [0, 0.1) is 0 Å². The van der Waals surface area contributed by atoms with E-state index in [1.54, 1.807) is 36.6 Å². The summed E-state index contributed by atoms with van der Waals surface area (Å²) in [6.45, 7) is 1.94. The molecule has 3 rings (SSSR count). The third kappa shape index (κ3) is 2.47. The first-order chi connectivity index (χ1) is 10.2. The fourth-order valence-corrected chi connectivity index (χ4v) is 2.17. The van der Waals surface area contributed by atoms with Gasteiger partial charge in [0.05, 0.1) is 17.3 Å². The predicted octanol–water partition coefficient (Wildman–Crippen LogP) is 1.96. The quantitative estimate of drug-likeness (QED) is 0.736. The molecular formula is C15H15N5O. The van der Waals surface area contributed by atoms with E-state index >= 15 is 0 Å². The molecule has 6 nitrogen and oxygen atoms in total. The summed E-state index contributed by atoms with van der Waals surface area (Å²) >= 11 is 0. The number of rotatable bonds is 3. The lowest BCUT2D eigenvalue weighted by atomic mass is 10.1. The van der Waals surface area contributed by atoms with Crippen molar-refractivity contribution in [2.45, 2.75) is 13.0 Å². The molecule has 0 spiro atoms. The Morgan fingerprint density at radius 3 is 2.86 bits per heavy atom. The molecule has 0 N–H and O–H groups in total. The summed E-state index contributed by atoms with van der Waals surface area (Å²) in [4.78, 5) is 26.5. The Hall–Kier alpha value is -2.76. The lowest BCUT2D eigenvalue weighted by Crippen LogP contribution is -2.30. The number of carbonyl (C=O) groups is 1. The van der Waals surface area contributed by atoms with E-state index in [2.05, 4.69) is 15.0 Å². The van der Waals surface area contributed by atoms with E-state index in [4.69, 9.17) is 0 Å². The van der Waals surface area contributed by atoms with E-state index in [0.29, 0.717) is 5.56 Å². The van der Waals surface area contributed by atoms with Crippen LogP contribution >= 0.6 is 0 Å². The normalized spacial score (nSPS) is 12.3. The van der Waals surface area contributed by atoms with Crippen molar-refractivity contribution < 1.29 is 4.79 Å². The first-order valence-corrected chi connectivity index (χ1v) is 6.62. The number of imidazole rings is 1. The maximum atomic E-state index is 12.6. The summed E-state index contributed by atoms with van der Waals surface area (Å²) in [6, 6.07) is 5.30. The van der Waals surface area contributed by atoms with Gasteiger partial charge in [-0.25, -0.2) is 15.0 Å². The second kappa shape index (κ2) is 5.32.